The first-order valence-electron chi connectivity index (χ1n) is 8.58. The van der Waals surface area contributed by atoms with E-state index < -0.39 is 0 Å². The Bertz CT molecular complexity index is 641. The van der Waals surface area contributed by atoms with E-state index >= 15 is 0 Å². The van der Waals surface area contributed by atoms with Crippen LogP contribution in [-0.4, -0.2) is 72.4 Å². The van der Waals surface area contributed by atoms with Crippen LogP contribution in [0.5, 0.6) is 0 Å². The number of rotatable bonds is 8. The van der Waals surface area contributed by atoms with Gasteiger partial charge in [-0.1, -0.05) is 0 Å². The lowest BCUT2D eigenvalue weighted by molar-refractivity contribution is 0.0315. The fraction of sp³-hybridized carbons (Fsp3) is 0.500. The smallest absolute Gasteiger partial charge is 0.209 e. The van der Waals surface area contributed by atoms with Crippen LogP contribution in [0.3, 0.4) is 0 Å². The molecule has 1 N–H and O–H groups in total. The number of aliphatic hydroxyl groups excluding tert-OH is 1. The summed E-state index contributed by atoms with van der Waals surface area (Å²) in [6, 6.07) is 6.14. The van der Waals surface area contributed by atoms with Crippen molar-refractivity contribution in [3.05, 3.63) is 42.2 Å². The van der Waals surface area contributed by atoms with Gasteiger partial charge in [0, 0.05) is 38.3 Å². The maximum absolute atomic E-state index is 13.0. The van der Waals surface area contributed by atoms with Crippen molar-refractivity contribution >= 4 is 0 Å². The summed E-state index contributed by atoms with van der Waals surface area (Å²) < 4.78 is 24.2. The van der Waals surface area contributed by atoms with E-state index in [0.29, 0.717) is 24.7 Å². The monoisotopic (exact) mass is 349 g/mol. The Balaban J connectivity index is 1.57. The predicted molar refractivity (Wildman–Crippen MR) is 91.5 cm³/mol. The molecule has 0 amide bonds. The van der Waals surface area contributed by atoms with Crippen LogP contribution < -0.4 is 0 Å². The highest BCUT2D eigenvalue weighted by Gasteiger charge is 2.15. The molecule has 1 saturated heterocycles. The largest absolute Gasteiger partial charge is 0.439 e. The molecule has 136 valence electrons. The molecule has 3 rings (SSSR count). The molecule has 0 aliphatic carbocycles. The molecule has 2 aromatic rings. The quantitative estimate of drug-likeness (QED) is 0.781. The Hall–Kier alpha value is -1.80. The van der Waals surface area contributed by atoms with Crippen molar-refractivity contribution in [3.63, 3.8) is 0 Å². The van der Waals surface area contributed by atoms with Crippen molar-refractivity contribution < 1.29 is 18.7 Å². The molecule has 2 heterocycles. The van der Waals surface area contributed by atoms with Crippen LogP contribution in [0.15, 0.2) is 34.9 Å². The lowest BCUT2D eigenvalue weighted by Gasteiger charge is -2.29. The van der Waals surface area contributed by atoms with Gasteiger partial charge in [-0.3, -0.25) is 9.80 Å². The highest BCUT2D eigenvalue weighted by molar-refractivity contribution is 5.55. The van der Waals surface area contributed by atoms with Crippen molar-refractivity contribution in [1.29, 1.82) is 0 Å². The zero-order valence-corrected chi connectivity index (χ0v) is 14.2. The molecule has 0 bridgehead atoms. The lowest BCUT2D eigenvalue weighted by atomic mass is 10.2. The van der Waals surface area contributed by atoms with E-state index in [0.717, 1.165) is 45.0 Å². The molecule has 0 atom stereocenters. The maximum atomic E-state index is 13.0. The van der Waals surface area contributed by atoms with E-state index in [1.54, 1.807) is 18.3 Å². The number of hydrogen-bond acceptors (Lipinski definition) is 6. The van der Waals surface area contributed by atoms with E-state index in [1.807, 2.05) is 0 Å². The third-order valence-corrected chi connectivity index (χ3v) is 4.29. The molecule has 25 heavy (non-hydrogen) atoms. The van der Waals surface area contributed by atoms with Crippen LogP contribution in [0.4, 0.5) is 4.39 Å². The molecule has 7 heteroatoms. The Kier molecular flexibility index (Phi) is 6.52. The van der Waals surface area contributed by atoms with Gasteiger partial charge in [0.05, 0.1) is 32.6 Å². The number of oxazole rings is 1. The summed E-state index contributed by atoms with van der Waals surface area (Å²) in [5.41, 5.74) is 0.794. The number of aliphatic hydroxyl groups is 1. The van der Waals surface area contributed by atoms with Gasteiger partial charge in [-0.05, 0) is 24.3 Å². The molecule has 0 unspecified atom stereocenters. The van der Waals surface area contributed by atoms with Gasteiger partial charge < -0.3 is 14.3 Å². The average molecular weight is 349 g/mol. The Labute approximate surface area is 146 Å². The van der Waals surface area contributed by atoms with Crippen LogP contribution in [-0.2, 0) is 11.3 Å². The second-order valence-electron chi connectivity index (χ2n) is 6.08. The minimum absolute atomic E-state index is 0.0919. The zero-order valence-electron chi connectivity index (χ0n) is 14.2. The van der Waals surface area contributed by atoms with Crippen LogP contribution in [0.2, 0.25) is 0 Å². The molecule has 6 nitrogen and oxygen atoms in total. The van der Waals surface area contributed by atoms with Gasteiger partial charge in [-0.15, -0.1) is 0 Å². The third kappa shape index (κ3) is 5.34. The Morgan fingerprint density at radius 3 is 2.64 bits per heavy atom. The summed E-state index contributed by atoms with van der Waals surface area (Å²) in [6.45, 7) is 6.39. The molecule has 1 aliphatic heterocycles. The van der Waals surface area contributed by atoms with E-state index in [9.17, 15) is 9.50 Å². The number of morpholine rings is 1. The van der Waals surface area contributed by atoms with Crippen LogP contribution >= 0.6 is 0 Å². The third-order valence-electron chi connectivity index (χ3n) is 4.29. The normalized spacial score (nSPS) is 15.8. The summed E-state index contributed by atoms with van der Waals surface area (Å²) >= 11 is 0. The van der Waals surface area contributed by atoms with Crippen LogP contribution in [0.1, 0.15) is 5.89 Å². The minimum Gasteiger partial charge on any atom is -0.439 e. The summed E-state index contributed by atoms with van der Waals surface area (Å²) in [6.07, 6.45) is 1.65. The van der Waals surface area contributed by atoms with E-state index in [2.05, 4.69) is 14.8 Å². The van der Waals surface area contributed by atoms with Crippen molar-refractivity contribution in [1.82, 2.24) is 14.8 Å². The molecular formula is C18H24FN3O3. The molecule has 0 radical (unpaired) electrons. The van der Waals surface area contributed by atoms with E-state index in [1.165, 1.54) is 12.1 Å². The summed E-state index contributed by atoms with van der Waals surface area (Å²) in [7, 11) is 0. The first-order chi connectivity index (χ1) is 12.2. The maximum Gasteiger partial charge on any atom is 0.209 e. The van der Waals surface area contributed by atoms with Gasteiger partial charge in [-0.2, -0.15) is 0 Å². The SMILES string of the molecule is OCCN(CCN1CCOCC1)Cc1ncc(-c2ccc(F)cc2)o1. The number of ether oxygens (including phenoxy) is 1. The van der Waals surface area contributed by atoms with Crippen molar-refractivity contribution in [2.45, 2.75) is 6.54 Å². The summed E-state index contributed by atoms with van der Waals surface area (Å²) in [5, 5.41) is 9.30. The van der Waals surface area contributed by atoms with Crippen molar-refractivity contribution in [2.24, 2.45) is 0 Å². The predicted octanol–water partition coefficient (Wildman–Crippen LogP) is 1.61. The first-order valence-corrected chi connectivity index (χ1v) is 8.58. The van der Waals surface area contributed by atoms with E-state index in [-0.39, 0.29) is 12.4 Å². The second-order valence-corrected chi connectivity index (χ2v) is 6.08. The minimum atomic E-state index is -0.277. The highest BCUT2D eigenvalue weighted by atomic mass is 19.1. The van der Waals surface area contributed by atoms with Crippen molar-refractivity contribution in [2.75, 3.05) is 52.5 Å². The standard InChI is InChI=1S/C18H24FN3O3/c19-16-3-1-15(2-4-16)17-13-20-18(25-17)14-22(7-10-23)6-5-21-8-11-24-12-9-21/h1-4,13,23H,5-12,14H2. The molecule has 1 aromatic carbocycles. The Morgan fingerprint density at radius 1 is 1.16 bits per heavy atom. The van der Waals surface area contributed by atoms with Gasteiger partial charge in [0.2, 0.25) is 5.89 Å². The van der Waals surface area contributed by atoms with Gasteiger partial charge in [0.1, 0.15) is 5.82 Å². The number of halogens is 1. The van der Waals surface area contributed by atoms with Crippen molar-refractivity contribution in [3.8, 4) is 11.3 Å². The lowest BCUT2D eigenvalue weighted by Crippen LogP contribution is -2.41. The fourth-order valence-electron chi connectivity index (χ4n) is 2.84. The van der Waals surface area contributed by atoms with Gasteiger partial charge in [0.15, 0.2) is 5.76 Å². The molecular weight excluding hydrogens is 325 g/mol. The van der Waals surface area contributed by atoms with Crippen LogP contribution in [0, 0.1) is 5.82 Å². The number of aromatic nitrogens is 1. The Morgan fingerprint density at radius 2 is 1.92 bits per heavy atom. The molecule has 1 aromatic heterocycles. The summed E-state index contributed by atoms with van der Waals surface area (Å²) in [5.74, 6) is 0.933. The first kappa shape index (κ1) is 18.0. The van der Waals surface area contributed by atoms with Gasteiger partial charge in [-0.25, -0.2) is 9.37 Å². The molecule has 1 aliphatic rings. The topological polar surface area (TPSA) is 62.0 Å². The molecule has 0 saturated carbocycles. The molecule has 0 spiro atoms. The zero-order chi connectivity index (χ0) is 17.5. The summed E-state index contributed by atoms with van der Waals surface area (Å²) in [4.78, 5) is 8.79. The highest BCUT2D eigenvalue weighted by Crippen LogP contribution is 2.21. The number of benzene rings is 1. The average Bonchev–Trinajstić information content (AvgIpc) is 3.10. The fourth-order valence-corrected chi connectivity index (χ4v) is 2.84. The number of nitrogens with zero attached hydrogens (tertiary/aromatic N) is 3. The van der Waals surface area contributed by atoms with Crippen LogP contribution in [0.25, 0.3) is 11.3 Å². The number of hydrogen-bond donors (Lipinski definition) is 1. The second kappa shape index (κ2) is 9.05. The van der Waals surface area contributed by atoms with Gasteiger partial charge >= 0.3 is 0 Å². The molecule has 1 fully saturated rings. The van der Waals surface area contributed by atoms with E-state index in [4.69, 9.17) is 9.15 Å². The van der Waals surface area contributed by atoms with Gasteiger partial charge in [0.25, 0.3) is 0 Å².